The number of unbranched alkanes of at least 4 members (excludes halogenated alkanes) is 2. The minimum absolute atomic E-state index is 0.0337. The van der Waals surface area contributed by atoms with Crippen molar-refractivity contribution in [1.82, 2.24) is 19.6 Å². The topological polar surface area (TPSA) is 75.4 Å². The van der Waals surface area contributed by atoms with Gasteiger partial charge in [-0.25, -0.2) is 20.0 Å². The fraction of sp³-hybridized carbons (Fsp3) is 0.364. The number of nitrogens with zero attached hydrogens (tertiary/aromatic N) is 6. The van der Waals surface area contributed by atoms with Gasteiger partial charge in [0.05, 0.1) is 35.8 Å². The van der Waals surface area contributed by atoms with Crippen molar-refractivity contribution in [3.05, 3.63) is 120 Å². The maximum atomic E-state index is 15.7. The molecule has 0 bridgehead atoms. The Balaban J connectivity index is 1.53. The third-order valence-corrected chi connectivity index (χ3v) is 10.6. The van der Waals surface area contributed by atoms with E-state index < -0.39 is 14.8 Å². The number of halogens is 4. The Morgan fingerprint density at radius 2 is 0.966 bits per heavy atom. The molecule has 0 amide bonds. The van der Waals surface area contributed by atoms with Gasteiger partial charge < -0.3 is 19.1 Å². The molecule has 2 unspecified atom stereocenters. The van der Waals surface area contributed by atoms with Crippen LogP contribution in [-0.2, 0) is 0 Å². The minimum atomic E-state index is -3.13. The molecule has 2 aliphatic heterocycles. The molecule has 0 aliphatic carbocycles. The van der Waals surface area contributed by atoms with Gasteiger partial charge in [0.15, 0.2) is 11.6 Å². The molecule has 0 N–H and O–H groups in total. The Bertz CT molecular complexity index is 1920. The molecule has 0 fully saturated rings. The maximum absolute atomic E-state index is 15.7. The third-order valence-electron chi connectivity index (χ3n) is 10.6. The summed E-state index contributed by atoms with van der Waals surface area (Å²) in [6.45, 7) is 9.63. The first kappa shape index (κ1) is 42.2. The first-order valence-electron chi connectivity index (χ1n) is 20.4. The monoisotopic (exact) mass is 792 g/mol. The van der Waals surface area contributed by atoms with E-state index in [1.165, 1.54) is 12.4 Å². The van der Waals surface area contributed by atoms with Gasteiger partial charge in [0, 0.05) is 12.4 Å². The summed E-state index contributed by atoms with van der Waals surface area (Å²) in [5.74, 6) is 1.69. The molecule has 58 heavy (non-hydrogen) atoms. The summed E-state index contributed by atoms with van der Waals surface area (Å²) in [6.07, 6.45) is 11.4. The van der Waals surface area contributed by atoms with E-state index >= 15 is 17.3 Å². The van der Waals surface area contributed by atoms with Gasteiger partial charge in [-0.05, 0) is 109 Å². The van der Waals surface area contributed by atoms with Crippen LogP contribution in [0.5, 0.6) is 11.5 Å². The van der Waals surface area contributed by atoms with E-state index in [4.69, 9.17) is 9.47 Å². The molecule has 4 aromatic rings. The van der Waals surface area contributed by atoms with Crippen LogP contribution in [0.1, 0.15) is 90.2 Å². The smallest absolute Gasteiger partial charge is 0.493 e. The highest BCUT2D eigenvalue weighted by Gasteiger charge is 2.53. The van der Waals surface area contributed by atoms with Crippen LogP contribution in [0.4, 0.5) is 28.9 Å². The summed E-state index contributed by atoms with van der Waals surface area (Å²) in [4.78, 5) is 19.5. The summed E-state index contributed by atoms with van der Waals surface area (Å²) in [6, 6.07) is 23.4. The Labute approximate surface area is 340 Å². The van der Waals surface area contributed by atoms with E-state index in [-0.39, 0.29) is 45.8 Å². The highest BCUT2D eigenvalue weighted by molar-refractivity contribution is 6.56. The van der Waals surface area contributed by atoms with E-state index in [1.807, 2.05) is 0 Å². The molecule has 2 aromatic carbocycles. The Hall–Kier alpha value is -5.39. The summed E-state index contributed by atoms with van der Waals surface area (Å²) < 4.78 is 75.2. The minimum Gasteiger partial charge on any atom is -0.493 e. The van der Waals surface area contributed by atoms with Crippen molar-refractivity contribution in [2.24, 2.45) is 21.8 Å². The zero-order valence-electron chi connectivity index (χ0n) is 33.6. The van der Waals surface area contributed by atoms with Crippen molar-refractivity contribution in [2.45, 2.75) is 79.1 Å². The van der Waals surface area contributed by atoms with Crippen LogP contribution in [0.2, 0.25) is 0 Å². The molecule has 4 heterocycles. The SMILES string of the molecule is CCCCC(CC)COc1ccc(C2=C3C(=C(c4ccc(OCC(CC)CCCC)cc4)N(B(F)F)/C3=N\c3ccccn3)/C(=N/c3ccccn3)N2B(F)F)cc1. The summed E-state index contributed by atoms with van der Waals surface area (Å²) in [5, 5.41) is 0. The number of fused-ring (bicyclic) bond motifs is 1. The van der Waals surface area contributed by atoms with Gasteiger partial charge in [0.1, 0.15) is 23.2 Å². The lowest BCUT2D eigenvalue weighted by Crippen LogP contribution is -2.38. The molecule has 8 nitrogen and oxygen atoms in total. The van der Waals surface area contributed by atoms with E-state index in [1.54, 1.807) is 84.9 Å². The number of aliphatic imine (C=N–C) groups is 2. The Morgan fingerprint density at radius 1 is 0.569 bits per heavy atom. The number of rotatable bonds is 20. The second kappa shape index (κ2) is 20.3. The quantitative estimate of drug-likeness (QED) is 0.0655. The number of hydrogen-bond donors (Lipinski definition) is 0. The average Bonchev–Trinajstić information content (AvgIpc) is 3.75. The van der Waals surface area contributed by atoms with Crippen LogP contribution >= 0.6 is 0 Å². The zero-order valence-corrected chi connectivity index (χ0v) is 33.6. The number of benzene rings is 2. The summed E-state index contributed by atoms with van der Waals surface area (Å²) in [7, 11) is -6.26. The van der Waals surface area contributed by atoms with E-state index in [0.717, 1.165) is 61.0 Å². The van der Waals surface area contributed by atoms with Crippen LogP contribution in [-0.4, -0.2) is 59.3 Å². The molecule has 14 heteroatoms. The van der Waals surface area contributed by atoms with Crippen LogP contribution in [0.15, 0.2) is 118 Å². The van der Waals surface area contributed by atoms with Gasteiger partial charge in [0.2, 0.25) is 0 Å². The molecular weight excluding hydrogens is 742 g/mol. The maximum Gasteiger partial charge on any atom is 0.679 e. The van der Waals surface area contributed by atoms with Gasteiger partial charge in [-0.2, -0.15) is 0 Å². The second-order valence-electron chi connectivity index (χ2n) is 14.5. The van der Waals surface area contributed by atoms with Gasteiger partial charge in [-0.15, -0.1) is 0 Å². The van der Waals surface area contributed by atoms with Crippen molar-refractivity contribution < 1.29 is 26.7 Å². The molecular formula is C44H50B2F4N6O2. The average molecular weight is 793 g/mol. The molecule has 0 saturated carbocycles. The lowest BCUT2D eigenvalue weighted by molar-refractivity contribution is 0.233. The van der Waals surface area contributed by atoms with E-state index in [0.29, 0.717) is 47.7 Å². The van der Waals surface area contributed by atoms with Crippen molar-refractivity contribution in [2.75, 3.05) is 13.2 Å². The molecule has 2 aliphatic rings. The molecule has 0 radical (unpaired) electrons. The fourth-order valence-corrected chi connectivity index (χ4v) is 7.23. The number of hydrogen-bond acceptors (Lipinski definition) is 6. The summed E-state index contributed by atoms with van der Waals surface area (Å²) in [5.41, 5.74) is 0.744. The van der Waals surface area contributed by atoms with Crippen molar-refractivity contribution in [3.8, 4) is 11.5 Å². The van der Waals surface area contributed by atoms with Crippen LogP contribution in [0, 0.1) is 11.8 Å². The van der Waals surface area contributed by atoms with Crippen LogP contribution < -0.4 is 9.47 Å². The lowest BCUT2D eigenvalue weighted by atomic mass is 10.00. The predicted octanol–water partition coefficient (Wildman–Crippen LogP) is 11.7. The first-order valence-corrected chi connectivity index (χ1v) is 20.4. The summed E-state index contributed by atoms with van der Waals surface area (Å²) >= 11 is 0. The van der Waals surface area contributed by atoms with Crippen LogP contribution in [0.25, 0.3) is 11.4 Å². The molecule has 0 spiro atoms. The Kier molecular flexibility index (Phi) is 14.8. The van der Waals surface area contributed by atoms with Gasteiger partial charge >= 0.3 is 14.8 Å². The first-order chi connectivity index (χ1) is 28.3. The predicted molar refractivity (Wildman–Crippen MR) is 227 cm³/mol. The molecule has 2 aromatic heterocycles. The van der Waals surface area contributed by atoms with Gasteiger partial charge in [-0.3, -0.25) is 17.3 Å². The standard InChI is InChI=1S/C44H50B2F4N6O2/c1-5-9-15-31(7-3)29-57-35-23-19-33(20-24-35)41-39-40(44(55(41)45(47)48)54-38-18-12-14-28-52-38)42(56(46(49)50)43(39)53-37-17-11-13-27-51-37)34-21-25-36(26-22-34)58-30-32(8-4)16-10-6-2/h11-14,17-28,31-32H,5-10,15-16,29-30H2,1-4H3/b53-43-,54-44-. The van der Waals surface area contributed by atoms with Crippen molar-refractivity contribution >= 4 is 49.5 Å². The second-order valence-corrected chi connectivity index (χ2v) is 14.5. The number of pyridine rings is 2. The lowest BCUT2D eigenvalue weighted by Gasteiger charge is -2.26. The van der Waals surface area contributed by atoms with E-state index in [9.17, 15) is 0 Å². The Morgan fingerprint density at radius 3 is 1.28 bits per heavy atom. The number of amidine groups is 2. The van der Waals surface area contributed by atoms with Gasteiger partial charge in [-0.1, -0.05) is 78.4 Å². The molecule has 302 valence electrons. The molecule has 0 saturated heterocycles. The van der Waals surface area contributed by atoms with Crippen molar-refractivity contribution in [1.29, 1.82) is 0 Å². The number of aromatic nitrogens is 2. The zero-order chi connectivity index (χ0) is 41.0. The molecule has 2 atom stereocenters. The normalized spacial score (nSPS) is 16.3. The van der Waals surface area contributed by atoms with E-state index in [2.05, 4.69) is 47.6 Å². The largest absolute Gasteiger partial charge is 0.679 e. The highest BCUT2D eigenvalue weighted by atomic mass is 19.2. The van der Waals surface area contributed by atoms with Gasteiger partial charge in [0.25, 0.3) is 0 Å². The van der Waals surface area contributed by atoms with Crippen LogP contribution in [0.3, 0.4) is 0 Å². The number of ether oxygens (including phenoxy) is 2. The fourth-order valence-electron chi connectivity index (χ4n) is 7.23. The van der Waals surface area contributed by atoms with Crippen molar-refractivity contribution in [3.63, 3.8) is 0 Å². The highest BCUT2D eigenvalue weighted by Crippen LogP contribution is 2.50. The third kappa shape index (κ3) is 9.82. The molecule has 6 rings (SSSR count).